The monoisotopic (exact) mass is 359 g/mol. The molecule has 1 aliphatic carbocycles. The van der Waals surface area contributed by atoms with Crippen LogP contribution >= 0.6 is 0 Å². The minimum absolute atomic E-state index is 0.0585. The number of esters is 1. The van der Waals surface area contributed by atoms with Gasteiger partial charge in [0.15, 0.2) is 0 Å². The fourth-order valence-electron chi connectivity index (χ4n) is 2.67. The zero-order chi connectivity index (χ0) is 17.9. The summed E-state index contributed by atoms with van der Waals surface area (Å²) in [6.07, 6.45) is 2.51. The number of aryl methyl sites for hydroxylation is 1. The van der Waals surface area contributed by atoms with Crippen molar-refractivity contribution in [1.82, 2.24) is 0 Å². The Hall–Kier alpha value is -2.67. The van der Waals surface area contributed by atoms with Gasteiger partial charge in [0.1, 0.15) is 10.6 Å². The van der Waals surface area contributed by atoms with E-state index in [9.17, 15) is 13.2 Å². The predicted octanol–water partition coefficient (Wildman–Crippen LogP) is 3.06. The van der Waals surface area contributed by atoms with Crippen molar-refractivity contribution in [2.75, 3.05) is 0 Å². The maximum Gasteiger partial charge on any atom is 0.358 e. The van der Waals surface area contributed by atoms with E-state index < -0.39 is 16.1 Å². The van der Waals surface area contributed by atoms with Gasteiger partial charge >= 0.3 is 16.1 Å². The molecular formula is C18H17NO5S. The maximum atomic E-state index is 12.3. The number of hydrogen-bond acceptors (Lipinski definition) is 6. The van der Waals surface area contributed by atoms with E-state index in [0.29, 0.717) is 12.1 Å². The van der Waals surface area contributed by atoms with Gasteiger partial charge in [-0.15, -0.1) is 0 Å². The molecule has 2 aromatic carbocycles. The molecule has 2 aromatic rings. The predicted molar refractivity (Wildman–Crippen MR) is 91.9 cm³/mol. The van der Waals surface area contributed by atoms with Crippen LogP contribution in [0.5, 0.6) is 5.75 Å². The third kappa shape index (κ3) is 4.06. The molecule has 0 aliphatic heterocycles. The minimum Gasteiger partial charge on any atom is -0.427 e. The molecule has 0 N–H and O–H groups in total. The number of nitrogens with zero attached hydrogens (tertiary/aromatic N) is 1. The van der Waals surface area contributed by atoms with Crippen molar-refractivity contribution in [2.24, 2.45) is 5.16 Å². The quantitative estimate of drug-likeness (QED) is 0.476. The van der Waals surface area contributed by atoms with Crippen molar-refractivity contribution in [3.8, 4) is 5.75 Å². The number of oxime groups is 1. The van der Waals surface area contributed by atoms with E-state index in [1.165, 1.54) is 31.2 Å². The van der Waals surface area contributed by atoms with Crippen LogP contribution in [0.3, 0.4) is 0 Å². The van der Waals surface area contributed by atoms with Crippen LogP contribution in [0.4, 0.5) is 0 Å². The van der Waals surface area contributed by atoms with Crippen molar-refractivity contribution in [3.63, 3.8) is 0 Å². The highest BCUT2D eigenvalue weighted by atomic mass is 32.2. The third-order valence-electron chi connectivity index (χ3n) is 3.81. The van der Waals surface area contributed by atoms with Gasteiger partial charge in [0.25, 0.3) is 0 Å². The Morgan fingerprint density at radius 2 is 1.76 bits per heavy atom. The average molecular weight is 359 g/mol. The molecule has 3 rings (SSSR count). The van der Waals surface area contributed by atoms with Crippen LogP contribution in [-0.2, 0) is 25.6 Å². The second kappa shape index (κ2) is 7.06. The fourth-order valence-corrected chi connectivity index (χ4v) is 3.42. The van der Waals surface area contributed by atoms with Crippen LogP contribution in [0.15, 0.2) is 58.6 Å². The molecule has 6 nitrogen and oxygen atoms in total. The highest BCUT2D eigenvalue weighted by Crippen LogP contribution is 2.23. The first-order chi connectivity index (χ1) is 12.0. The lowest BCUT2D eigenvalue weighted by Gasteiger charge is -2.16. The largest absolute Gasteiger partial charge is 0.427 e. The van der Waals surface area contributed by atoms with Crippen LogP contribution in [0.2, 0.25) is 0 Å². The van der Waals surface area contributed by atoms with Gasteiger partial charge in [0, 0.05) is 12.5 Å². The van der Waals surface area contributed by atoms with Gasteiger partial charge in [-0.3, -0.25) is 9.08 Å². The zero-order valence-corrected chi connectivity index (χ0v) is 14.5. The molecule has 0 fully saturated rings. The molecule has 0 radical (unpaired) electrons. The van der Waals surface area contributed by atoms with Gasteiger partial charge in [-0.1, -0.05) is 29.4 Å². The highest BCUT2D eigenvalue weighted by molar-refractivity contribution is 7.86. The molecule has 0 saturated carbocycles. The standard InChI is InChI=1S/C18H17NO5S/c1-13(20)23-15-9-11-16(12-10-15)25(21,22)24-19-18-8-4-6-14-5-2-3-7-17(14)18/h2-3,5,7,9-12H,4,6,8H2,1H3/b19-18+. The average Bonchev–Trinajstić information content (AvgIpc) is 2.60. The van der Waals surface area contributed by atoms with Crippen LogP contribution in [0, 0.1) is 0 Å². The van der Waals surface area contributed by atoms with Crippen molar-refractivity contribution >= 4 is 21.8 Å². The van der Waals surface area contributed by atoms with Crippen molar-refractivity contribution in [2.45, 2.75) is 31.1 Å². The summed E-state index contributed by atoms with van der Waals surface area (Å²) < 4.78 is 34.3. The molecule has 0 amide bonds. The number of carbonyl (C=O) groups excluding carboxylic acids is 1. The summed E-state index contributed by atoms with van der Waals surface area (Å²) in [7, 11) is -4.04. The van der Waals surface area contributed by atoms with E-state index in [-0.39, 0.29) is 10.6 Å². The summed E-state index contributed by atoms with van der Waals surface area (Å²) in [5.74, 6) is -0.215. The van der Waals surface area contributed by atoms with Gasteiger partial charge in [-0.2, -0.15) is 8.42 Å². The Labute approximate surface area is 146 Å². The second-order valence-electron chi connectivity index (χ2n) is 5.64. The van der Waals surface area contributed by atoms with Crippen molar-refractivity contribution in [3.05, 3.63) is 59.7 Å². The van der Waals surface area contributed by atoms with Gasteiger partial charge < -0.3 is 4.74 Å². The van der Waals surface area contributed by atoms with E-state index in [1.54, 1.807) is 0 Å². The Bertz CT molecular complexity index is 917. The summed E-state index contributed by atoms with van der Waals surface area (Å²) in [5.41, 5.74) is 2.69. The topological polar surface area (TPSA) is 82.0 Å². The van der Waals surface area contributed by atoms with Crippen molar-refractivity contribution in [1.29, 1.82) is 0 Å². The molecule has 25 heavy (non-hydrogen) atoms. The fraction of sp³-hybridized carbons (Fsp3) is 0.222. The van der Waals surface area contributed by atoms with Crippen LogP contribution in [0.25, 0.3) is 0 Å². The molecule has 1 aliphatic rings. The van der Waals surface area contributed by atoms with Gasteiger partial charge in [-0.25, -0.2) is 0 Å². The minimum atomic E-state index is -4.04. The van der Waals surface area contributed by atoms with E-state index >= 15 is 0 Å². The SMILES string of the molecule is CC(=O)Oc1ccc(S(=O)(=O)O/N=C2\CCCc3ccccc32)cc1. The van der Waals surface area contributed by atoms with Gasteiger partial charge in [-0.05, 0) is 49.1 Å². The van der Waals surface area contributed by atoms with Gasteiger partial charge in [0.05, 0.1) is 5.71 Å². The van der Waals surface area contributed by atoms with Crippen LogP contribution in [0.1, 0.15) is 30.9 Å². The normalized spacial score (nSPS) is 15.5. The summed E-state index contributed by atoms with van der Waals surface area (Å²) in [6, 6.07) is 13.2. The lowest BCUT2D eigenvalue weighted by molar-refractivity contribution is -0.131. The Morgan fingerprint density at radius 3 is 2.48 bits per heavy atom. The zero-order valence-electron chi connectivity index (χ0n) is 13.6. The lowest BCUT2D eigenvalue weighted by Crippen LogP contribution is -2.13. The smallest absolute Gasteiger partial charge is 0.358 e. The number of ether oxygens (including phenoxy) is 1. The van der Waals surface area contributed by atoms with Crippen molar-refractivity contribution < 1.29 is 22.2 Å². The number of fused-ring (bicyclic) bond motifs is 1. The summed E-state index contributed by atoms with van der Waals surface area (Å²) in [5, 5.41) is 3.89. The Balaban J connectivity index is 1.79. The molecule has 0 heterocycles. The molecule has 0 spiro atoms. The van der Waals surface area contributed by atoms with E-state index in [0.717, 1.165) is 24.0 Å². The molecule has 0 bridgehead atoms. The second-order valence-corrected chi connectivity index (χ2v) is 7.17. The molecule has 0 atom stereocenters. The highest BCUT2D eigenvalue weighted by Gasteiger charge is 2.19. The first kappa shape index (κ1) is 17.2. The molecule has 130 valence electrons. The third-order valence-corrected chi connectivity index (χ3v) is 4.93. The van der Waals surface area contributed by atoms with E-state index in [2.05, 4.69) is 5.16 Å². The maximum absolute atomic E-state index is 12.3. The van der Waals surface area contributed by atoms with Crippen LogP contribution in [-0.4, -0.2) is 20.1 Å². The van der Waals surface area contributed by atoms with E-state index in [4.69, 9.17) is 9.02 Å². The Morgan fingerprint density at radius 1 is 1.04 bits per heavy atom. The van der Waals surface area contributed by atoms with E-state index in [1.807, 2.05) is 24.3 Å². The summed E-state index contributed by atoms with van der Waals surface area (Å²) >= 11 is 0. The Kier molecular flexibility index (Phi) is 4.85. The number of rotatable bonds is 4. The first-order valence-corrected chi connectivity index (χ1v) is 9.24. The molecule has 0 unspecified atom stereocenters. The molecule has 0 aromatic heterocycles. The lowest BCUT2D eigenvalue weighted by atomic mass is 9.90. The molecular weight excluding hydrogens is 342 g/mol. The molecule has 7 heteroatoms. The summed E-state index contributed by atoms with van der Waals surface area (Å²) in [4.78, 5) is 10.8. The number of benzene rings is 2. The van der Waals surface area contributed by atoms with Gasteiger partial charge in [0.2, 0.25) is 0 Å². The summed E-state index contributed by atoms with van der Waals surface area (Å²) in [6.45, 7) is 1.27. The van der Waals surface area contributed by atoms with Crippen LogP contribution < -0.4 is 4.74 Å². The number of carbonyl (C=O) groups is 1. The molecule has 0 saturated heterocycles. The number of hydrogen-bond donors (Lipinski definition) is 0. The first-order valence-electron chi connectivity index (χ1n) is 7.83.